The molecule has 0 aliphatic heterocycles. The average molecular weight is 240 g/mol. The average Bonchev–Trinajstić information content (AvgIpc) is 2.46. The Morgan fingerprint density at radius 2 is 1.78 bits per heavy atom. The normalized spacial score (nSPS) is 11.9. The van der Waals surface area contributed by atoms with Crippen LogP contribution in [0.1, 0.15) is 34.3 Å². The van der Waals surface area contributed by atoms with Crippen molar-refractivity contribution in [1.82, 2.24) is 0 Å². The molecule has 0 amide bonds. The molecule has 2 aromatic rings. The van der Waals surface area contributed by atoms with Gasteiger partial charge in [-0.05, 0) is 23.3 Å². The van der Waals surface area contributed by atoms with Gasteiger partial charge in [-0.3, -0.25) is 4.79 Å². The van der Waals surface area contributed by atoms with E-state index in [1.807, 2.05) is 36.4 Å². The number of carbonyl (C=O) groups excluding carboxylic acids is 1. The number of rotatable bonds is 4. The first-order chi connectivity index (χ1) is 8.76. The first-order valence-corrected chi connectivity index (χ1v) is 5.94. The molecule has 0 aromatic heterocycles. The minimum atomic E-state index is 0.260. The van der Waals surface area contributed by atoms with Crippen LogP contribution in [-0.4, -0.2) is 13.4 Å². The molecule has 0 bridgehead atoms. The van der Waals surface area contributed by atoms with E-state index in [9.17, 15) is 4.79 Å². The van der Waals surface area contributed by atoms with E-state index in [1.165, 1.54) is 5.56 Å². The van der Waals surface area contributed by atoms with E-state index in [0.29, 0.717) is 11.3 Å². The predicted molar refractivity (Wildman–Crippen MR) is 72.3 cm³/mol. The van der Waals surface area contributed by atoms with Crippen molar-refractivity contribution >= 4 is 6.29 Å². The molecule has 0 spiro atoms. The molecule has 0 unspecified atom stereocenters. The number of hydrogen-bond donors (Lipinski definition) is 0. The quantitative estimate of drug-likeness (QED) is 0.762. The van der Waals surface area contributed by atoms with Gasteiger partial charge >= 0.3 is 0 Å². The van der Waals surface area contributed by atoms with Gasteiger partial charge in [0.2, 0.25) is 0 Å². The maximum atomic E-state index is 11.0. The van der Waals surface area contributed by atoms with E-state index < -0.39 is 0 Å². The zero-order valence-corrected chi connectivity index (χ0v) is 10.6. The van der Waals surface area contributed by atoms with E-state index in [0.717, 1.165) is 11.8 Å². The highest BCUT2D eigenvalue weighted by Gasteiger charge is 2.10. The summed E-state index contributed by atoms with van der Waals surface area (Å²) in [4.78, 5) is 11.0. The standard InChI is InChI=1S/C16H16O2/c1-12(13-6-4-3-5-7-13)14-8-9-16(18-2)15(10-14)11-17/h3-12H,1-2H3/t12-/m0/s1. The lowest BCUT2D eigenvalue weighted by molar-refractivity contribution is 0.112. The molecule has 0 fully saturated rings. The molecular formula is C16H16O2. The molecule has 1 atom stereocenters. The fourth-order valence-corrected chi connectivity index (χ4v) is 2.05. The fraction of sp³-hybridized carbons (Fsp3) is 0.188. The van der Waals surface area contributed by atoms with Gasteiger partial charge in [-0.15, -0.1) is 0 Å². The number of methoxy groups -OCH3 is 1. The van der Waals surface area contributed by atoms with Crippen molar-refractivity contribution in [2.75, 3.05) is 7.11 Å². The minimum Gasteiger partial charge on any atom is -0.496 e. The Bertz CT molecular complexity index is 532. The summed E-state index contributed by atoms with van der Waals surface area (Å²) >= 11 is 0. The van der Waals surface area contributed by atoms with Gasteiger partial charge in [0.15, 0.2) is 6.29 Å². The van der Waals surface area contributed by atoms with Crippen LogP contribution in [0.5, 0.6) is 5.75 Å². The summed E-state index contributed by atoms with van der Waals surface area (Å²) in [5.74, 6) is 0.879. The zero-order chi connectivity index (χ0) is 13.0. The summed E-state index contributed by atoms with van der Waals surface area (Å²) in [5.41, 5.74) is 2.95. The summed E-state index contributed by atoms with van der Waals surface area (Å²) in [5, 5.41) is 0. The lowest BCUT2D eigenvalue weighted by atomic mass is 9.92. The number of ether oxygens (including phenoxy) is 1. The second kappa shape index (κ2) is 5.50. The highest BCUT2D eigenvalue weighted by atomic mass is 16.5. The van der Waals surface area contributed by atoms with Crippen LogP contribution in [0, 0.1) is 0 Å². The van der Waals surface area contributed by atoms with Crippen LogP contribution >= 0.6 is 0 Å². The van der Waals surface area contributed by atoms with E-state index in [1.54, 1.807) is 7.11 Å². The lowest BCUT2D eigenvalue weighted by Gasteiger charge is -2.14. The molecule has 0 heterocycles. The minimum absolute atomic E-state index is 0.260. The smallest absolute Gasteiger partial charge is 0.153 e. The SMILES string of the molecule is COc1ccc([C@@H](C)c2ccccc2)cc1C=O. The van der Waals surface area contributed by atoms with Crippen molar-refractivity contribution in [3.63, 3.8) is 0 Å². The van der Waals surface area contributed by atoms with Crippen LogP contribution in [0.25, 0.3) is 0 Å². The Morgan fingerprint density at radius 3 is 2.39 bits per heavy atom. The Balaban J connectivity index is 2.37. The maximum absolute atomic E-state index is 11.0. The second-order valence-electron chi connectivity index (χ2n) is 4.25. The molecule has 2 aromatic carbocycles. The van der Waals surface area contributed by atoms with Crippen molar-refractivity contribution in [1.29, 1.82) is 0 Å². The van der Waals surface area contributed by atoms with Crippen molar-refractivity contribution in [2.24, 2.45) is 0 Å². The number of benzene rings is 2. The molecule has 2 heteroatoms. The van der Waals surface area contributed by atoms with E-state index in [-0.39, 0.29) is 5.92 Å². The van der Waals surface area contributed by atoms with Crippen LogP contribution in [0.2, 0.25) is 0 Å². The molecule has 0 saturated heterocycles. The van der Waals surface area contributed by atoms with Crippen molar-refractivity contribution in [3.05, 3.63) is 65.2 Å². The van der Waals surface area contributed by atoms with Gasteiger partial charge in [-0.2, -0.15) is 0 Å². The fourth-order valence-electron chi connectivity index (χ4n) is 2.05. The lowest BCUT2D eigenvalue weighted by Crippen LogP contribution is -1.98. The molecule has 2 nitrogen and oxygen atoms in total. The maximum Gasteiger partial charge on any atom is 0.153 e. The van der Waals surface area contributed by atoms with Crippen LogP contribution in [0.3, 0.4) is 0 Å². The number of hydrogen-bond acceptors (Lipinski definition) is 2. The molecule has 0 aliphatic rings. The molecular weight excluding hydrogens is 224 g/mol. The van der Waals surface area contributed by atoms with Gasteiger partial charge in [-0.25, -0.2) is 0 Å². The Hall–Kier alpha value is -2.09. The Morgan fingerprint density at radius 1 is 1.06 bits per heavy atom. The van der Waals surface area contributed by atoms with Crippen LogP contribution in [0.4, 0.5) is 0 Å². The third-order valence-electron chi connectivity index (χ3n) is 3.18. The monoisotopic (exact) mass is 240 g/mol. The summed E-state index contributed by atoms with van der Waals surface area (Å²) in [7, 11) is 1.57. The first-order valence-electron chi connectivity index (χ1n) is 5.94. The topological polar surface area (TPSA) is 26.3 Å². The molecule has 0 saturated carbocycles. The van der Waals surface area contributed by atoms with Gasteiger partial charge in [0.25, 0.3) is 0 Å². The molecule has 18 heavy (non-hydrogen) atoms. The predicted octanol–water partition coefficient (Wildman–Crippen LogP) is 3.66. The third kappa shape index (κ3) is 2.43. The molecule has 92 valence electrons. The third-order valence-corrected chi connectivity index (χ3v) is 3.18. The summed E-state index contributed by atoms with van der Waals surface area (Å²) in [6.07, 6.45) is 0.833. The van der Waals surface area contributed by atoms with Gasteiger partial charge in [-0.1, -0.05) is 43.3 Å². The van der Waals surface area contributed by atoms with Gasteiger partial charge < -0.3 is 4.74 Å². The first kappa shape index (κ1) is 12.4. The largest absolute Gasteiger partial charge is 0.496 e. The van der Waals surface area contributed by atoms with Gasteiger partial charge in [0.1, 0.15) is 5.75 Å². The van der Waals surface area contributed by atoms with E-state index in [2.05, 4.69) is 19.1 Å². The molecule has 0 aliphatic carbocycles. The highest BCUT2D eigenvalue weighted by Crippen LogP contribution is 2.27. The van der Waals surface area contributed by atoms with Crippen LogP contribution in [-0.2, 0) is 0 Å². The number of aldehydes is 1. The van der Waals surface area contributed by atoms with Crippen molar-refractivity contribution < 1.29 is 9.53 Å². The highest BCUT2D eigenvalue weighted by molar-refractivity contribution is 5.79. The molecule has 0 N–H and O–H groups in total. The van der Waals surface area contributed by atoms with Crippen molar-refractivity contribution in [2.45, 2.75) is 12.8 Å². The summed E-state index contributed by atoms with van der Waals surface area (Å²) in [6.45, 7) is 2.13. The van der Waals surface area contributed by atoms with Gasteiger partial charge in [0.05, 0.1) is 12.7 Å². The van der Waals surface area contributed by atoms with Crippen LogP contribution in [0.15, 0.2) is 48.5 Å². The van der Waals surface area contributed by atoms with E-state index in [4.69, 9.17) is 4.74 Å². The Labute approximate surface area is 107 Å². The number of carbonyl (C=O) groups is 1. The van der Waals surface area contributed by atoms with Crippen LogP contribution < -0.4 is 4.74 Å². The molecule has 2 rings (SSSR count). The summed E-state index contributed by atoms with van der Waals surface area (Å²) in [6, 6.07) is 16.0. The summed E-state index contributed by atoms with van der Waals surface area (Å²) < 4.78 is 5.15. The van der Waals surface area contributed by atoms with Gasteiger partial charge in [0, 0.05) is 5.92 Å². The zero-order valence-electron chi connectivity index (χ0n) is 10.6. The second-order valence-corrected chi connectivity index (χ2v) is 4.25. The van der Waals surface area contributed by atoms with Crippen molar-refractivity contribution in [3.8, 4) is 5.75 Å². The van der Waals surface area contributed by atoms with E-state index >= 15 is 0 Å². The Kier molecular flexibility index (Phi) is 3.78. The molecule has 0 radical (unpaired) electrons.